The number of rotatable bonds is 5. The molecule has 0 aliphatic carbocycles. The van der Waals surface area contributed by atoms with E-state index >= 15 is 13.2 Å². The number of carbonyl (C=O) groups excluding carboxylic acids is 1. The number of carbonyl (C=O) groups is 1. The van der Waals surface area contributed by atoms with E-state index in [4.69, 9.17) is 33.7 Å². The Kier molecular flexibility index (Phi) is 8.61. The highest BCUT2D eigenvalue weighted by Gasteiger charge is 2.41. The molecule has 2 atom stereocenters. The first-order valence-corrected chi connectivity index (χ1v) is 16.2. The van der Waals surface area contributed by atoms with Crippen LogP contribution in [0.25, 0.3) is 27.7 Å². The molecule has 4 heterocycles. The fourth-order valence-corrected chi connectivity index (χ4v) is 7.15. The van der Waals surface area contributed by atoms with Gasteiger partial charge in [-0.1, -0.05) is 57.5 Å². The molecule has 252 valence electrons. The van der Waals surface area contributed by atoms with Crippen LogP contribution in [0.5, 0.6) is 5.75 Å². The Morgan fingerprint density at radius 3 is 2.27 bits per heavy atom. The molecule has 2 aromatic carbocycles. The first-order valence-electron chi connectivity index (χ1n) is 15.4. The van der Waals surface area contributed by atoms with Crippen molar-refractivity contribution in [2.24, 2.45) is 0 Å². The monoisotopic (exact) mass is 700 g/mol. The molecule has 0 radical (unpaired) electrons. The van der Waals surface area contributed by atoms with E-state index in [9.17, 15) is 9.59 Å². The molecule has 1 fully saturated rings. The van der Waals surface area contributed by atoms with Gasteiger partial charge < -0.3 is 20.3 Å². The summed E-state index contributed by atoms with van der Waals surface area (Å²) in [5, 5.41) is -0.733. The summed E-state index contributed by atoms with van der Waals surface area (Å²) >= 11 is 12.3. The quantitative estimate of drug-likeness (QED) is 0.136. The van der Waals surface area contributed by atoms with Gasteiger partial charge in [0.1, 0.15) is 18.8 Å². The van der Waals surface area contributed by atoms with Gasteiger partial charge in [-0.05, 0) is 37.0 Å². The molecule has 14 heteroatoms. The van der Waals surface area contributed by atoms with Crippen LogP contribution < -0.4 is 20.9 Å². The molecule has 6 rings (SSSR count). The van der Waals surface area contributed by atoms with Crippen molar-refractivity contribution in [2.75, 3.05) is 30.3 Å². The molecule has 2 N–H and O–H groups in total. The van der Waals surface area contributed by atoms with Crippen molar-refractivity contribution >= 4 is 51.4 Å². The molecule has 0 saturated carbocycles. The van der Waals surface area contributed by atoms with Crippen LogP contribution in [0.15, 0.2) is 35.9 Å². The lowest BCUT2D eigenvalue weighted by Gasteiger charge is -2.48. The van der Waals surface area contributed by atoms with E-state index in [1.807, 2.05) is 39.5 Å². The molecular weight excluding hydrogens is 668 g/mol. The number of nitrogens with two attached hydrogens (primary N) is 1. The molecule has 48 heavy (non-hydrogen) atoms. The smallest absolute Gasteiger partial charge is 0.300 e. The maximum absolute atomic E-state index is 17.4. The summed E-state index contributed by atoms with van der Waals surface area (Å²) in [4.78, 5) is 39.8. The van der Waals surface area contributed by atoms with Gasteiger partial charge in [-0.15, -0.1) is 0 Å². The number of anilines is 2. The van der Waals surface area contributed by atoms with Crippen molar-refractivity contribution in [3.63, 3.8) is 0 Å². The first kappa shape index (κ1) is 33.6. The zero-order valence-corrected chi connectivity index (χ0v) is 28.4. The molecule has 1 amide bonds. The summed E-state index contributed by atoms with van der Waals surface area (Å²) in [6.45, 7) is 13.3. The molecule has 2 unspecified atom stereocenters. The van der Waals surface area contributed by atoms with Gasteiger partial charge in [-0.2, -0.15) is 0 Å². The third-order valence-corrected chi connectivity index (χ3v) is 9.53. The van der Waals surface area contributed by atoms with Gasteiger partial charge in [0.2, 0.25) is 11.7 Å². The first-order chi connectivity index (χ1) is 22.7. The van der Waals surface area contributed by atoms with Crippen molar-refractivity contribution in [1.29, 1.82) is 0 Å². The Morgan fingerprint density at radius 1 is 1.02 bits per heavy atom. The third kappa shape index (κ3) is 5.07. The summed E-state index contributed by atoms with van der Waals surface area (Å²) < 4.78 is 56.7. The van der Waals surface area contributed by atoms with Crippen LogP contribution in [-0.4, -0.2) is 57.1 Å². The van der Waals surface area contributed by atoms with E-state index < -0.39 is 50.9 Å². The SMILES string of the molecule is C=CC(=O)N1CC2COc3c(c4cc(F)c(-c5c(N)c(Cl)cc(Cl)c5F)c(F)c4n(-c4c(C(C)C)ncnc4C(C)C)c3=O)N2CC1C. The number of ether oxygens (including phenoxy) is 1. The van der Waals surface area contributed by atoms with Gasteiger partial charge >= 0.3 is 0 Å². The second-order valence-corrected chi connectivity index (χ2v) is 13.5. The maximum atomic E-state index is 17.4. The molecule has 4 aromatic rings. The van der Waals surface area contributed by atoms with E-state index in [1.165, 1.54) is 12.4 Å². The fourth-order valence-electron chi connectivity index (χ4n) is 6.69. The van der Waals surface area contributed by atoms with Gasteiger partial charge in [0, 0.05) is 30.1 Å². The molecule has 0 bridgehead atoms. The molecule has 1 saturated heterocycles. The number of halogens is 5. The summed E-state index contributed by atoms with van der Waals surface area (Å²) in [5.74, 6) is -4.57. The Labute approximate surface area is 284 Å². The number of fused-ring (bicyclic) bond motifs is 5. The molecule has 0 spiro atoms. The van der Waals surface area contributed by atoms with Gasteiger partial charge in [0.25, 0.3) is 5.56 Å². The number of hydrogen-bond acceptors (Lipinski definition) is 7. The van der Waals surface area contributed by atoms with Gasteiger partial charge in [-0.3, -0.25) is 14.2 Å². The predicted octanol–water partition coefficient (Wildman–Crippen LogP) is 6.98. The topological polar surface area (TPSA) is 107 Å². The molecule has 2 aromatic heterocycles. The lowest BCUT2D eigenvalue weighted by atomic mass is 9.95. The number of nitrogens with zero attached hydrogens (tertiary/aromatic N) is 5. The highest BCUT2D eigenvalue weighted by atomic mass is 35.5. The second-order valence-electron chi connectivity index (χ2n) is 12.7. The van der Waals surface area contributed by atoms with Gasteiger partial charge in [-0.25, -0.2) is 23.1 Å². The normalized spacial score (nSPS) is 17.5. The minimum absolute atomic E-state index is 0.0204. The number of benzene rings is 2. The maximum Gasteiger partial charge on any atom is 0.300 e. The zero-order chi connectivity index (χ0) is 34.9. The number of piperazine rings is 1. The summed E-state index contributed by atoms with van der Waals surface area (Å²) in [5.41, 5.74) is 4.23. The van der Waals surface area contributed by atoms with E-state index in [2.05, 4.69) is 16.5 Å². The Morgan fingerprint density at radius 2 is 1.67 bits per heavy atom. The highest BCUT2D eigenvalue weighted by molar-refractivity contribution is 6.37. The zero-order valence-electron chi connectivity index (χ0n) is 26.9. The van der Waals surface area contributed by atoms with Crippen LogP contribution in [0.1, 0.15) is 57.8 Å². The van der Waals surface area contributed by atoms with E-state index in [-0.39, 0.29) is 76.5 Å². The number of amides is 1. The fraction of sp³-hybridized carbons (Fsp3) is 0.353. The number of pyridine rings is 1. The summed E-state index contributed by atoms with van der Waals surface area (Å²) in [7, 11) is 0. The average Bonchev–Trinajstić information content (AvgIpc) is 3.04. The summed E-state index contributed by atoms with van der Waals surface area (Å²) in [6, 6.07) is 1.26. The van der Waals surface area contributed by atoms with Crippen molar-refractivity contribution < 1.29 is 22.7 Å². The predicted molar refractivity (Wildman–Crippen MR) is 181 cm³/mol. The number of aromatic nitrogens is 3. The molecule has 2 aliphatic rings. The van der Waals surface area contributed by atoms with Gasteiger partial charge in [0.05, 0.1) is 55.6 Å². The van der Waals surface area contributed by atoms with Crippen LogP contribution in [0.4, 0.5) is 24.5 Å². The van der Waals surface area contributed by atoms with Crippen LogP contribution >= 0.6 is 23.2 Å². The van der Waals surface area contributed by atoms with Crippen molar-refractivity contribution in [2.45, 2.75) is 58.5 Å². The van der Waals surface area contributed by atoms with Gasteiger partial charge in [0.15, 0.2) is 11.6 Å². The van der Waals surface area contributed by atoms with Crippen LogP contribution in [0, 0.1) is 17.5 Å². The average molecular weight is 702 g/mol. The van der Waals surface area contributed by atoms with E-state index in [0.717, 1.165) is 16.7 Å². The number of hydrogen-bond donors (Lipinski definition) is 1. The van der Waals surface area contributed by atoms with Crippen molar-refractivity contribution in [3.8, 4) is 22.6 Å². The molecular formula is C34H33Cl2F3N6O3. The summed E-state index contributed by atoms with van der Waals surface area (Å²) in [6.07, 6.45) is 2.59. The third-order valence-electron chi connectivity index (χ3n) is 8.95. The lowest BCUT2D eigenvalue weighted by molar-refractivity contribution is -0.129. The number of nitrogen functional groups attached to an aromatic ring is 1. The minimum Gasteiger partial charge on any atom is -0.484 e. The molecule has 2 aliphatic heterocycles. The minimum atomic E-state index is -1.28. The van der Waals surface area contributed by atoms with Crippen molar-refractivity contribution in [3.05, 3.63) is 80.4 Å². The van der Waals surface area contributed by atoms with Crippen LogP contribution in [0.3, 0.4) is 0 Å². The van der Waals surface area contributed by atoms with Crippen LogP contribution in [0.2, 0.25) is 10.0 Å². The Bertz CT molecular complexity index is 2030. The van der Waals surface area contributed by atoms with E-state index in [1.54, 1.807) is 4.90 Å². The second kappa shape index (κ2) is 12.3. The van der Waals surface area contributed by atoms with Crippen molar-refractivity contribution in [1.82, 2.24) is 19.4 Å². The molecule has 9 nitrogen and oxygen atoms in total. The Hall–Kier alpha value is -4.29. The lowest BCUT2D eigenvalue weighted by Crippen LogP contribution is -2.62. The highest BCUT2D eigenvalue weighted by Crippen LogP contribution is 2.47. The van der Waals surface area contributed by atoms with E-state index in [0.29, 0.717) is 11.4 Å². The Balaban J connectivity index is 1.79. The largest absolute Gasteiger partial charge is 0.484 e. The van der Waals surface area contributed by atoms with Crippen LogP contribution in [-0.2, 0) is 4.79 Å². The standard InChI is InChI=1S/C34H33Cl2F3N6O3/c1-7-22(46)43-11-17-12-48-33-31(44(17)10-16(43)6)18-8-21(37)23(24-25(38)19(35)9-20(36)27(24)40)26(39)30(18)45(34(33)47)32-28(14(2)3)41-13-42-29(32)15(4)5/h7-9,13-17H,1,10-12,40H2,2-6H3.